The van der Waals surface area contributed by atoms with E-state index in [4.69, 9.17) is 9.84 Å². The molecule has 1 heterocycles. The van der Waals surface area contributed by atoms with E-state index < -0.39 is 12.0 Å². The molecular weight excluding hydrogens is 348 g/mol. The summed E-state index contributed by atoms with van der Waals surface area (Å²) in [6.07, 6.45) is 0.224. The molecule has 0 aliphatic carbocycles. The van der Waals surface area contributed by atoms with Gasteiger partial charge < -0.3 is 20.1 Å². The van der Waals surface area contributed by atoms with Crippen LogP contribution < -0.4 is 5.32 Å². The quantitative estimate of drug-likeness (QED) is 0.793. The van der Waals surface area contributed by atoms with Crippen LogP contribution in [0.1, 0.15) is 54.3 Å². The number of nitrogens with zero attached hydrogens (tertiary/aromatic N) is 1. The summed E-state index contributed by atoms with van der Waals surface area (Å²) >= 11 is 0. The normalized spacial score (nSPS) is 19.8. The van der Waals surface area contributed by atoms with E-state index in [-0.39, 0.29) is 29.8 Å². The minimum atomic E-state index is -0.944. The summed E-state index contributed by atoms with van der Waals surface area (Å²) in [5.41, 5.74) is 0.891. The molecule has 2 N–H and O–H groups in total. The smallest absolute Gasteiger partial charge is 0.305 e. The number of carbonyl (C=O) groups excluding carboxylic acids is 2. The second kappa shape index (κ2) is 8.52. The van der Waals surface area contributed by atoms with Crippen LogP contribution in [0.5, 0.6) is 0 Å². The third kappa shape index (κ3) is 5.79. The Balaban J connectivity index is 2.07. The largest absolute Gasteiger partial charge is 0.481 e. The van der Waals surface area contributed by atoms with Gasteiger partial charge in [0.05, 0.1) is 12.5 Å². The first-order chi connectivity index (χ1) is 12.6. The van der Waals surface area contributed by atoms with Crippen molar-refractivity contribution >= 4 is 17.8 Å². The maximum atomic E-state index is 12.8. The lowest BCUT2D eigenvalue weighted by Crippen LogP contribution is -2.37. The van der Waals surface area contributed by atoms with Gasteiger partial charge in [0, 0.05) is 37.4 Å². The molecule has 2 atom stereocenters. The average molecular weight is 376 g/mol. The highest BCUT2D eigenvalue weighted by Crippen LogP contribution is 2.25. The first-order valence-corrected chi connectivity index (χ1v) is 9.04. The van der Waals surface area contributed by atoms with Gasteiger partial charge in [0.15, 0.2) is 0 Å². The number of benzene rings is 1. The molecule has 1 aromatic carbocycles. The fourth-order valence-electron chi connectivity index (χ4n) is 3.07. The van der Waals surface area contributed by atoms with E-state index in [1.54, 1.807) is 36.3 Å². The molecule has 0 spiro atoms. The van der Waals surface area contributed by atoms with Gasteiger partial charge in [0.25, 0.3) is 11.8 Å². The second-order valence-electron chi connectivity index (χ2n) is 8.12. The van der Waals surface area contributed by atoms with Crippen molar-refractivity contribution in [3.63, 3.8) is 0 Å². The van der Waals surface area contributed by atoms with Gasteiger partial charge in [0.1, 0.15) is 0 Å². The Kier molecular flexibility index (Phi) is 6.59. The first-order valence-electron chi connectivity index (χ1n) is 9.04. The molecule has 0 radical (unpaired) electrons. The van der Waals surface area contributed by atoms with Crippen molar-refractivity contribution in [3.8, 4) is 0 Å². The molecule has 1 aliphatic rings. The zero-order chi connectivity index (χ0) is 20.2. The zero-order valence-electron chi connectivity index (χ0n) is 16.3. The molecule has 2 rings (SSSR count). The van der Waals surface area contributed by atoms with Gasteiger partial charge in [-0.05, 0) is 36.1 Å². The Hall–Kier alpha value is -2.41. The highest BCUT2D eigenvalue weighted by Gasteiger charge is 2.36. The molecule has 27 heavy (non-hydrogen) atoms. The molecule has 0 bridgehead atoms. The molecule has 0 unspecified atom stereocenters. The zero-order valence-corrected chi connectivity index (χ0v) is 16.3. The number of carbonyl (C=O) groups is 3. The van der Waals surface area contributed by atoms with Crippen LogP contribution in [0.4, 0.5) is 0 Å². The molecule has 1 fully saturated rings. The van der Waals surface area contributed by atoms with Crippen LogP contribution in [-0.2, 0) is 9.53 Å². The van der Waals surface area contributed by atoms with Gasteiger partial charge in [-0.2, -0.15) is 0 Å². The standard InChI is InChI=1S/C20H28N2O5/c1-20(2,3)12-21-18(25)13-5-7-14(8-6-13)19(26)22-11-16(27-4)9-15(22)10-17(23)24/h5-8,15-16H,9-12H2,1-4H3,(H,21,25)(H,23,24)/t15-,16-/m0/s1. The number of nitrogens with one attached hydrogen (secondary N) is 1. The van der Waals surface area contributed by atoms with Crippen molar-refractivity contribution < 1.29 is 24.2 Å². The van der Waals surface area contributed by atoms with Crippen LogP contribution in [-0.4, -0.2) is 60.1 Å². The van der Waals surface area contributed by atoms with Crippen molar-refractivity contribution in [1.29, 1.82) is 0 Å². The molecule has 1 saturated heterocycles. The van der Waals surface area contributed by atoms with Gasteiger partial charge in [-0.3, -0.25) is 14.4 Å². The van der Waals surface area contributed by atoms with E-state index in [0.29, 0.717) is 30.6 Å². The minimum Gasteiger partial charge on any atom is -0.481 e. The second-order valence-corrected chi connectivity index (χ2v) is 8.12. The van der Waals surface area contributed by atoms with Crippen LogP contribution >= 0.6 is 0 Å². The van der Waals surface area contributed by atoms with Crippen molar-refractivity contribution in [2.24, 2.45) is 5.41 Å². The third-order valence-corrected chi connectivity index (χ3v) is 4.55. The molecule has 7 nitrogen and oxygen atoms in total. The summed E-state index contributed by atoms with van der Waals surface area (Å²) in [6.45, 7) is 7.01. The summed E-state index contributed by atoms with van der Waals surface area (Å²) in [6, 6.07) is 6.04. The molecule has 0 aromatic heterocycles. The predicted octanol–water partition coefficient (Wildman–Crippen LogP) is 2.17. The predicted molar refractivity (Wildman–Crippen MR) is 101 cm³/mol. The Bertz CT molecular complexity index is 693. The molecule has 0 saturated carbocycles. The highest BCUT2D eigenvalue weighted by atomic mass is 16.5. The van der Waals surface area contributed by atoms with Gasteiger partial charge in [-0.15, -0.1) is 0 Å². The molecule has 7 heteroatoms. The van der Waals surface area contributed by atoms with Crippen molar-refractivity contribution in [3.05, 3.63) is 35.4 Å². The fraction of sp³-hybridized carbons (Fsp3) is 0.550. The van der Waals surface area contributed by atoms with Gasteiger partial charge in [0.2, 0.25) is 0 Å². The average Bonchev–Trinajstić information content (AvgIpc) is 3.00. The summed E-state index contributed by atoms with van der Waals surface area (Å²) < 4.78 is 5.30. The number of likely N-dealkylation sites (tertiary alicyclic amines) is 1. The van der Waals surface area contributed by atoms with Crippen LogP contribution in [0.2, 0.25) is 0 Å². The van der Waals surface area contributed by atoms with Gasteiger partial charge in [-0.25, -0.2) is 0 Å². The molecular formula is C20H28N2O5. The number of carboxylic acid groups (broad SMARTS) is 1. The number of rotatable bonds is 6. The van der Waals surface area contributed by atoms with Crippen LogP contribution in [0.3, 0.4) is 0 Å². The molecule has 1 aliphatic heterocycles. The number of hydrogen-bond acceptors (Lipinski definition) is 4. The first kappa shape index (κ1) is 20.9. The number of amides is 2. The van der Waals surface area contributed by atoms with Gasteiger partial charge in [-0.1, -0.05) is 20.8 Å². The number of ether oxygens (including phenoxy) is 1. The number of methoxy groups -OCH3 is 1. The lowest BCUT2D eigenvalue weighted by Gasteiger charge is -2.23. The Morgan fingerprint density at radius 1 is 1.19 bits per heavy atom. The van der Waals surface area contributed by atoms with E-state index in [9.17, 15) is 14.4 Å². The van der Waals surface area contributed by atoms with E-state index in [1.807, 2.05) is 20.8 Å². The Labute approximate surface area is 159 Å². The maximum Gasteiger partial charge on any atom is 0.305 e. The van der Waals surface area contributed by atoms with E-state index >= 15 is 0 Å². The monoisotopic (exact) mass is 376 g/mol. The van der Waals surface area contributed by atoms with Crippen molar-refractivity contribution in [1.82, 2.24) is 10.2 Å². The fourth-order valence-corrected chi connectivity index (χ4v) is 3.07. The van der Waals surface area contributed by atoms with Crippen LogP contribution in [0, 0.1) is 5.41 Å². The minimum absolute atomic E-state index is 0.0155. The number of hydrogen-bond donors (Lipinski definition) is 2. The molecule has 2 amide bonds. The summed E-state index contributed by atoms with van der Waals surface area (Å²) in [4.78, 5) is 37.6. The number of aliphatic carboxylic acids is 1. The topological polar surface area (TPSA) is 95.9 Å². The maximum absolute atomic E-state index is 12.8. The van der Waals surface area contributed by atoms with Crippen molar-refractivity contribution in [2.75, 3.05) is 20.2 Å². The highest BCUT2D eigenvalue weighted by molar-refractivity contribution is 5.98. The van der Waals surface area contributed by atoms with E-state index in [2.05, 4.69) is 5.32 Å². The van der Waals surface area contributed by atoms with Crippen molar-refractivity contribution in [2.45, 2.75) is 45.8 Å². The van der Waals surface area contributed by atoms with Gasteiger partial charge >= 0.3 is 5.97 Å². The van der Waals surface area contributed by atoms with Crippen LogP contribution in [0.25, 0.3) is 0 Å². The molecule has 1 aromatic rings. The SMILES string of the molecule is CO[C@H]1C[C@@H](CC(=O)O)N(C(=O)c2ccc(C(=O)NCC(C)(C)C)cc2)C1. The van der Waals surface area contributed by atoms with E-state index in [1.165, 1.54) is 0 Å². The lowest BCUT2D eigenvalue weighted by atomic mass is 9.97. The third-order valence-electron chi connectivity index (χ3n) is 4.55. The van der Waals surface area contributed by atoms with Crippen LogP contribution in [0.15, 0.2) is 24.3 Å². The summed E-state index contributed by atoms with van der Waals surface area (Å²) in [7, 11) is 1.56. The number of carboxylic acids is 1. The molecule has 148 valence electrons. The Morgan fingerprint density at radius 2 is 1.78 bits per heavy atom. The Morgan fingerprint density at radius 3 is 2.30 bits per heavy atom. The summed E-state index contributed by atoms with van der Waals surface area (Å²) in [5, 5.41) is 12.0. The van der Waals surface area contributed by atoms with E-state index in [0.717, 1.165) is 0 Å². The lowest BCUT2D eigenvalue weighted by molar-refractivity contribution is -0.138. The summed E-state index contributed by atoms with van der Waals surface area (Å²) in [5.74, 6) is -1.38.